The molecule has 142 valence electrons. The van der Waals surface area contributed by atoms with Gasteiger partial charge in [0.25, 0.3) is 0 Å². The highest BCUT2D eigenvalue weighted by molar-refractivity contribution is 5.77. The number of likely N-dealkylation sites (tertiary alicyclic amines) is 1. The molecular weight excluding hydrogens is 344 g/mol. The lowest BCUT2D eigenvalue weighted by molar-refractivity contribution is -0.131. The second-order valence-electron chi connectivity index (χ2n) is 7.57. The van der Waals surface area contributed by atoms with Crippen molar-refractivity contribution in [3.63, 3.8) is 0 Å². The molecule has 2 aromatic rings. The van der Waals surface area contributed by atoms with E-state index < -0.39 is 0 Å². The van der Waals surface area contributed by atoms with Gasteiger partial charge in [0.1, 0.15) is 0 Å². The van der Waals surface area contributed by atoms with Gasteiger partial charge in [-0.3, -0.25) is 14.4 Å². The number of hydrogen-bond acceptors (Lipinski definition) is 5. The summed E-state index contributed by atoms with van der Waals surface area (Å²) in [5.74, 6) is 1.88. The largest absolute Gasteiger partial charge is 0.454 e. The predicted octanol–water partition coefficient (Wildman–Crippen LogP) is 2.18. The summed E-state index contributed by atoms with van der Waals surface area (Å²) >= 11 is 0. The van der Waals surface area contributed by atoms with Gasteiger partial charge >= 0.3 is 0 Å². The molecule has 1 aromatic carbocycles. The summed E-state index contributed by atoms with van der Waals surface area (Å²) in [6.45, 7) is 4.57. The topological polar surface area (TPSA) is 59.8 Å². The number of rotatable bonds is 4. The summed E-state index contributed by atoms with van der Waals surface area (Å²) in [6, 6.07) is 8.26. The van der Waals surface area contributed by atoms with Gasteiger partial charge < -0.3 is 14.4 Å². The van der Waals surface area contributed by atoms with E-state index in [-0.39, 0.29) is 11.9 Å². The van der Waals surface area contributed by atoms with Crippen LogP contribution in [0.3, 0.4) is 0 Å². The molecule has 1 atom stereocenters. The molecule has 0 bridgehead atoms. The fraction of sp³-hybridized carbons (Fsp3) is 0.500. The zero-order valence-electron chi connectivity index (χ0n) is 15.3. The van der Waals surface area contributed by atoms with E-state index in [1.807, 2.05) is 21.8 Å². The van der Waals surface area contributed by atoms with Crippen LogP contribution in [0.2, 0.25) is 0 Å². The van der Waals surface area contributed by atoms with Crippen LogP contribution in [-0.2, 0) is 17.9 Å². The van der Waals surface area contributed by atoms with Gasteiger partial charge in [-0.15, -0.1) is 0 Å². The number of hydrogen-bond donors (Lipinski definition) is 0. The van der Waals surface area contributed by atoms with Crippen LogP contribution < -0.4 is 9.47 Å². The normalized spacial score (nSPS) is 21.5. The van der Waals surface area contributed by atoms with E-state index in [9.17, 15) is 4.79 Å². The van der Waals surface area contributed by atoms with Crippen molar-refractivity contribution < 1.29 is 14.3 Å². The molecule has 1 amide bonds. The Bertz CT molecular complexity index is 844. The fourth-order valence-corrected chi connectivity index (χ4v) is 4.33. The minimum absolute atomic E-state index is 0.0888. The predicted molar refractivity (Wildman–Crippen MR) is 98.4 cm³/mol. The number of benzene rings is 1. The lowest BCUT2D eigenvalue weighted by atomic mass is 10.1. The van der Waals surface area contributed by atoms with Gasteiger partial charge in [0.2, 0.25) is 12.7 Å². The molecule has 1 fully saturated rings. The summed E-state index contributed by atoms with van der Waals surface area (Å²) in [5.41, 5.74) is 2.36. The van der Waals surface area contributed by atoms with E-state index in [2.05, 4.69) is 28.2 Å². The lowest BCUT2D eigenvalue weighted by Gasteiger charge is -2.34. The van der Waals surface area contributed by atoms with E-state index >= 15 is 0 Å². The van der Waals surface area contributed by atoms with Gasteiger partial charge in [0.05, 0.1) is 18.2 Å². The number of carbonyl (C=O) groups is 1. The van der Waals surface area contributed by atoms with E-state index in [1.54, 1.807) is 0 Å². The fourth-order valence-electron chi connectivity index (χ4n) is 4.33. The van der Waals surface area contributed by atoms with Crippen molar-refractivity contribution in [3.05, 3.63) is 41.7 Å². The van der Waals surface area contributed by atoms with E-state index in [1.165, 1.54) is 11.3 Å². The Morgan fingerprint density at radius 3 is 2.89 bits per heavy atom. The first-order valence-electron chi connectivity index (χ1n) is 9.67. The van der Waals surface area contributed by atoms with E-state index in [0.717, 1.165) is 57.1 Å². The third-order valence-electron chi connectivity index (χ3n) is 5.66. The SMILES string of the molecule is O=C(C[C@H]1CN(Cc2ccc3c(c2)OCO3)Cc2ccnn21)N1CCCC1. The Morgan fingerprint density at radius 1 is 1.15 bits per heavy atom. The standard InChI is InChI=1S/C20H24N4O3/c25-20(23-7-1-2-8-23)10-17-13-22(12-16-5-6-21-24(16)17)11-15-3-4-18-19(9-15)27-14-26-18/h3-6,9,17H,1-2,7-8,10-14H2/t17-/m0/s1. The maximum Gasteiger partial charge on any atom is 0.231 e. The van der Waals surface area contributed by atoms with Crippen molar-refractivity contribution in [2.24, 2.45) is 0 Å². The zero-order valence-corrected chi connectivity index (χ0v) is 15.3. The Morgan fingerprint density at radius 2 is 2.00 bits per heavy atom. The first-order valence-corrected chi connectivity index (χ1v) is 9.67. The first kappa shape index (κ1) is 16.6. The van der Waals surface area contributed by atoms with Crippen molar-refractivity contribution in [1.82, 2.24) is 19.6 Å². The molecule has 3 aliphatic rings. The van der Waals surface area contributed by atoms with Crippen LogP contribution in [0.4, 0.5) is 0 Å². The number of ether oxygens (including phenoxy) is 2. The zero-order chi connectivity index (χ0) is 18.2. The second kappa shape index (κ2) is 6.88. The second-order valence-corrected chi connectivity index (χ2v) is 7.57. The molecule has 0 N–H and O–H groups in total. The molecule has 1 aromatic heterocycles. The number of aromatic nitrogens is 2. The van der Waals surface area contributed by atoms with Gasteiger partial charge in [-0.05, 0) is 36.6 Å². The third kappa shape index (κ3) is 3.27. The summed E-state index contributed by atoms with van der Waals surface area (Å²) in [4.78, 5) is 17.1. The monoisotopic (exact) mass is 368 g/mol. The minimum atomic E-state index is 0.0888. The Labute approximate surface area is 158 Å². The van der Waals surface area contributed by atoms with Crippen LogP contribution in [0.5, 0.6) is 11.5 Å². The van der Waals surface area contributed by atoms with Gasteiger partial charge in [-0.2, -0.15) is 5.10 Å². The Kier molecular flexibility index (Phi) is 4.24. The summed E-state index contributed by atoms with van der Waals surface area (Å²) in [5, 5.41) is 4.49. The highest BCUT2D eigenvalue weighted by Gasteiger charge is 2.30. The number of fused-ring (bicyclic) bond motifs is 2. The van der Waals surface area contributed by atoms with Gasteiger partial charge in [0, 0.05) is 38.9 Å². The van der Waals surface area contributed by atoms with E-state index in [0.29, 0.717) is 13.2 Å². The highest BCUT2D eigenvalue weighted by atomic mass is 16.7. The van der Waals surface area contributed by atoms with Crippen LogP contribution >= 0.6 is 0 Å². The maximum absolute atomic E-state index is 12.7. The molecule has 0 unspecified atom stereocenters. The molecule has 7 nitrogen and oxygen atoms in total. The molecule has 3 aliphatic heterocycles. The number of nitrogens with zero attached hydrogens (tertiary/aromatic N) is 4. The van der Waals surface area contributed by atoms with Crippen LogP contribution in [0.25, 0.3) is 0 Å². The number of amides is 1. The van der Waals surface area contributed by atoms with Crippen LogP contribution in [0.1, 0.15) is 36.6 Å². The highest BCUT2D eigenvalue weighted by Crippen LogP contribution is 2.33. The van der Waals surface area contributed by atoms with Crippen molar-refractivity contribution in [2.45, 2.75) is 38.4 Å². The molecule has 5 rings (SSSR count). The van der Waals surface area contributed by atoms with Crippen molar-refractivity contribution in [2.75, 3.05) is 26.4 Å². The van der Waals surface area contributed by atoms with Gasteiger partial charge in [-0.25, -0.2) is 0 Å². The molecule has 1 saturated heterocycles. The molecule has 0 radical (unpaired) electrons. The molecular formula is C20H24N4O3. The molecule has 7 heteroatoms. The van der Waals surface area contributed by atoms with Gasteiger partial charge in [0.15, 0.2) is 11.5 Å². The quantitative estimate of drug-likeness (QED) is 0.828. The first-order chi connectivity index (χ1) is 13.3. The number of carbonyl (C=O) groups excluding carboxylic acids is 1. The lowest BCUT2D eigenvalue weighted by Crippen LogP contribution is -2.40. The molecule has 0 spiro atoms. The molecule has 4 heterocycles. The van der Waals surface area contributed by atoms with Crippen LogP contribution in [0, 0.1) is 0 Å². The average molecular weight is 368 g/mol. The van der Waals surface area contributed by atoms with Crippen LogP contribution in [-0.4, -0.2) is 51.9 Å². The Balaban J connectivity index is 1.31. The Hall–Kier alpha value is -2.54. The van der Waals surface area contributed by atoms with E-state index in [4.69, 9.17) is 9.47 Å². The summed E-state index contributed by atoms with van der Waals surface area (Å²) in [6.07, 6.45) is 4.61. The summed E-state index contributed by atoms with van der Waals surface area (Å²) in [7, 11) is 0. The van der Waals surface area contributed by atoms with Crippen molar-refractivity contribution in [1.29, 1.82) is 0 Å². The maximum atomic E-state index is 12.7. The minimum Gasteiger partial charge on any atom is -0.454 e. The average Bonchev–Trinajstić information content (AvgIpc) is 3.42. The molecule has 27 heavy (non-hydrogen) atoms. The van der Waals surface area contributed by atoms with Crippen LogP contribution in [0.15, 0.2) is 30.5 Å². The van der Waals surface area contributed by atoms with Crippen molar-refractivity contribution in [3.8, 4) is 11.5 Å². The van der Waals surface area contributed by atoms with Crippen molar-refractivity contribution >= 4 is 5.91 Å². The third-order valence-corrected chi connectivity index (χ3v) is 5.66. The summed E-state index contributed by atoms with van der Waals surface area (Å²) < 4.78 is 12.9. The molecule has 0 aliphatic carbocycles. The molecule has 0 saturated carbocycles. The van der Waals surface area contributed by atoms with Gasteiger partial charge in [-0.1, -0.05) is 6.07 Å². The smallest absolute Gasteiger partial charge is 0.231 e.